The van der Waals surface area contributed by atoms with Gasteiger partial charge in [-0.15, -0.1) is 0 Å². The summed E-state index contributed by atoms with van der Waals surface area (Å²) >= 11 is 0. The van der Waals surface area contributed by atoms with E-state index in [1.54, 1.807) is 18.5 Å². The molecule has 4 rings (SSSR count). The van der Waals surface area contributed by atoms with E-state index in [-0.39, 0.29) is 12.1 Å². The van der Waals surface area contributed by atoms with Crippen molar-refractivity contribution in [1.29, 1.82) is 0 Å². The zero-order valence-corrected chi connectivity index (χ0v) is 15.0. The summed E-state index contributed by atoms with van der Waals surface area (Å²) in [7, 11) is 0. The van der Waals surface area contributed by atoms with Gasteiger partial charge in [-0.05, 0) is 18.2 Å². The van der Waals surface area contributed by atoms with Gasteiger partial charge in [0.05, 0.1) is 11.0 Å². The third-order valence-corrected chi connectivity index (χ3v) is 4.62. The minimum absolute atomic E-state index is 0.0412. The Balaban J connectivity index is 1.20. The number of benzene rings is 1. The number of amides is 2. The molecule has 0 radical (unpaired) electrons. The van der Waals surface area contributed by atoms with Crippen LogP contribution >= 0.6 is 0 Å². The number of nitrogens with one attached hydrogen (secondary N) is 2. The molecule has 0 bridgehead atoms. The molecule has 1 aliphatic heterocycles. The second kappa shape index (κ2) is 8.03. The molecule has 2 N–H and O–H groups in total. The number of aromatic nitrogens is 4. The van der Waals surface area contributed by atoms with Crippen LogP contribution in [-0.2, 0) is 6.42 Å². The summed E-state index contributed by atoms with van der Waals surface area (Å²) in [4.78, 5) is 30.1. The number of hydrogen-bond donors (Lipinski definition) is 2. The lowest BCUT2D eigenvalue weighted by Gasteiger charge is -2.31. The molecule has 1 aliphatic rings. The molecule has 1 saturated heterocycles. The monoisotopic (exact) mass is 366 g/mol. The third-order valence-electron chi connectivity index (χ3n) is 4.62. The Hall–Kier alpha value is -3.16. The first-order valence-corrected chi connectivity index (χ1v) is 9.18. The Morgan fingerprint density at radius 3 is 2.74 bits per heavy atom. The molecule has 3 heterocycles. The van der Waals surface area contributed by atoms with Crippen molar-refractivity contribution < 1.29 is 9.53 Å². The molecule has 0 aliphatic carbocycles. The summed E-state index contributed by atoms with van der Waals surface area (Å²) in [6.07, 6.45) is 5.59. The Kier molecular flexibility index (Phi) is 5.13. The first kappa shape index (κ1) is 17.3. The first-order valence-electron chi connectivity index (χ1n) is 9.18. The fourth-order valence-corrected chi connectivity index (χ4v) is 3.20. The molecule has 140 valence electrons. The molecular formula is C19H22N6O2. The van der Waals surface area contributed by atoms with E-state index in [2.05, 4.69) is 25.3 Å². The Bertz CT molecular complexity index is 856. The maximum Gasteiger partial charge on any atom is 0.317 e. The van der Waals surface area contributed by atoms with Gasteiger partial charge in [-0.25, -0.2) is 19.7 Å². The Labute approximate surface area is 157 Å². The minimum atomic E-state index is -0.0412. The number of para-hydroxylation sites is 2. The van der Waals surface area contributed by atoms with Crippen molar-refractivity contribution >= 4 is 17.1 Å². The van der Waals surface area contributed by atoms with Gasteiger partial charge in [-0.2, -0.15) is 0 Å². The molecule has 2 amide bonds. The summed E-state index contributed by atoms with van der Waals surface area (Å²) < 4.78 is 5.76. The number of piperidine rings is 1. The standard InChI is InChI=1S/C19H22N6O2/c26-19(22-11-6-17-23-15-4-1-2-5-16(15)24-17)25-12-7-14(8-13-25)27-18-20-9-3-10-21-18/h1-5,9-10,14H,6-8,11-13H2,(H,22,26)(H,23,24). The van der Waals surface area contributed by atoms with E-state index >= 15 is 0 Å². The van der Waals surface area contributed by atoms with Gasteiger partial charge in [-0.3, -0.25) is 0 Å². The molecule has 0 saturated carbocycles. The van der Waals surface area contributed by atoms with E-state index < -0.39 is 0 Å². The molecule has 3 aromatic rings. The SMILES string of the molecule is O=C(NCCc1nc2ccccc2[nH]1)N1CCC(Oc2ncccn2)CC1. The number of rotatable bonds is 5. The second-order valence-corrected chi connectivity index (χ2v) is 6.52. The van der Waals surface area contributed by atoms with Crippen molar-refractivity contribution in [2.75, 3.05) is 19.6 Å². The van der Waals surface area contributed by atoms with E-state index in [9.17, 15) is 4.79 Å². The van der Waals surface area contributed by atoms with Gasteiger partial charge in [0.1, 0.15) is 11.9 Å². The summed E-state index contributed by atoms with van der Waals surface area (Å²) in [6, 6.07) is 10.0. The highest BCUT2D eigenvalue weighted by atomic mass is 16.5. The summed E-state index contributed by atoms with van der Waals surface area (Å²) in [5.41, 5.74) is 1.96. The quantitative estimate of drug-likeness (QED) is 0.721. The topological polar surface area (TPSA) is 96.0 Å². The van der Waals surface area contributed by atoms with Crippen LogP contribution in [0.15, 0.2) is 42.7 Å². The van der Waals surface area contributed by atoms with E-state index in [0.717, 1.165) is 29.7 Å². The highest BCUT2D eigenvalue weighted by Gasteiger charge is 2.24. The van der Waals surface area contributed by atoms with Gasteiger partial charge in [-0.1, -0.05) is 12.1 Å². The average Bonchev–Trinajstić information content (AvgIpc) is 3.12. The zero-order valence-electron chi connectivity index (χ0n) is 15.0. The number of likely N-dealkylation sites (tertiary alicyclic amines) is 1. The zero-order chi connectivity index (χ0) is 18.5. The second-order valence-electron chi connectivity index (χ2n) is 6.52. The number of H-pyrrole nitrogens is 1. The summed E-state index contributed by atoms with van der Waals surface area (Å²) in [6.45, 7) is 1.87. The van der Waals surface area contributed by atoms with Crippen molar-refractivity contribution in [3.05, 3.63) is 48.5 Å². The number of ether oxygens (including phenoxy) is 1. The van der Waals surface area contributed by atoms with Crippen LogP contribution in [0, 0.1) is 0 Å². The van der Waals surface area contributed by atoms with Crippen LogP contribution in [0.3, 0.4) is 0 Å². The number of hydrogen-bond acceptors (Lipinski definition) is 5. The lowest BCUT2D eigenvalue weighted by molar-refractivity contribution is 0.103. The number of fused-ring (bicyclic) bond motifs is 1. The molecule has 0 unspecified atom stereocenters. The van der Waals surface area contributed by atoms with Crippen molar-refractivity contribution in [3.63, 3.8) is 0 Å². The van der Waals surface area contributed by atoms with E-state index in [0.29, 0.717) is 32.1 Å². The minimum Gasteiger partial charge on any atom is -0.460 e. The average molecular weight is 366 g/mol. The predicted molar refractivity (Wildman–Crippen MR) is 100 cm³/mol. The molecule has 27 heavy (non-hydrogen) atoms. The van der Waals surface area contributed by atoms with Crippen LogP contribution in [-0.4, -0.2) is 56.6 Å². The van der Waals surface area contributed by atoms with Crippen LogP contribution in [0.1, 0.15) is 18.7 Å². The van der Waals surface area contributed by atoms with Crippen molar-refractivity contribution in [2.24, 2.45) is 0 Å². The van der Waals surface area contributed by atoms with Crippen LogP contribution in [0.5, 0.6) is 6.01 Å². The van der Waals surface area contributed by atoms with Crippen molar-refractivity contribution in [1.82, 2.24) is 30.2 Å². The van der Waals surface area contributed by atoms with Crippen LogP contribution < -0.4 is 10.1 Å². The van der Waals surface area contributed by atoms with Crippen molar-refractivity contribution in [2.45, 2.75) is 25.4 Å². The fourth-order valence-electron chi connectivity index (χ4n) is 3.20. The van der Waals surface area contributed by atoms with Crippen LogP contribution in [0.4, 0.5) is 4.79 Å². The van der Waals surface area contributed by atoms with Crippen LogP contribution in [0.25, 0.3) is 11.0 Å². The van der Waals surface area contributed by atoms with Crippen molar-refractivity contribution in [3.8, 4) is 6.01 Å². The number of carbonyl (C=O) groups is 1. The molecule has 2 aromatic heterocycles. The number of nitrogens with zero attached hydrogens (tertiary/aromatic N) is 4. The molecule has 0 spiro atoms. The number of urea groups is 1. The largest absolute Gasteiger partial charge is 0.460 e. The van der Waals surface area contributed by atoms with E-state index in [4.69, 9.17) is 4.74 Å². The third kappa shape index (κ3) is 4.33. The van der Waals surface area contributed by atoms with Gasteiger partial charge in [0.2, 0.25) is 0 Å². The first-order chi connectivity index (χ1) is 13.3. The van der Waals surface area contributed by atoms with Gasteiger partial charge < -0.3 is 19.9 Å². The lowest BCUT2D eigenvalue weighted by atomic mass is 10.1. The molecular weight excluding hydrogens is 344 g/mol. The lowest BCUT2D eigenvalue weighted by Crippen LogP contribution is -2.47. The fraction of sp³-hybridized carbons (Fsp3) is 0.368. The highest BCUT2D eigenvalue weighted by molar-refractivity contribution is 5.75. The van der Waals surface area contributed by atoms with Gasteiger partial charge in [0, 0.05) is 51.3 Å². The smallest absolute Gasteiger partial charge is 0.317 e. The highest BCUT2D eigenvalue weighted by Crippen LogP contribution is 2.15. The van der Waals surface area contributed by atoms with E-state index in [1.165, 1.54) is 0 Å². The molecule has 8 nitrogen and oxygen atoms in total. The van der Waals surface area contributed by atoms with Gasteiger partial charge in [0.15, 0.2) is 0 Å². The molecule has 1 fully saturated rings. The van der Waals surface area contributed by atoms with Gasteiger partial charge >= 0.3 is 12.0 Å². The van der Waals surface area contributed by atoms with Gasteiger partial charge in [0.25, 0.3) is 0 Å². The molecule has 0 atom stereocenters. The number of imidazole rings is 1. The molecule has 8 heteroatoms. The summed E-state index contributed by atoms with van der Waals surface area (Å²) in [5.74, 6) is 0.881. The van der Waals surface area contributed by atoms with E-state index in [1.807, 2.05) is 29.2 Å². The predicted octanol–water partition coefficient (Wildman–Crippen LogP) is 2.15. The Morgan fingerprint density at radius 1 is 1.19 bits per heavy atom. The maximum atomic E-state index is 12.3. The number of aromatic amines is 1. The Morgan fingerprint density at radius 2 is 1.96 bits per heavy atom. The summed E-state index contributed by atoms with van der Waals surface area (Å²) in [5, 5.41) is 2.97. The maximum absolute atomic E-state index is 12.3. The molecule has 1 aromatic carbocycles. The number of carbonyl (C=O) groups excluding carboxylic acids is 1. The normalized spacial score (nSPS) is 15.0. The van der Waals surface area contributed by atoms with Crippen LogP contribution in [0.2, 0.25) is 0 Å².